The van der Waals surface area contributed by atoms with E-state index in [0.29, 0.717) is 24.1 Å². The molecule has 1 atom stereocenters. The van der Waals surface area contributed by atoms with Gasteiger partial charge in [-0.2, -0.15) is 8.42 Å². The van der Waals surface area contributed by atoms with E-state index in [-0.39, 0.29) is 28.3 Å². The molecule has 1 saturated heterocycles. The van der Waals surface area contributed by atoms with Crippen LogP contribution >= 0.6 is 11.6 Å². The summed E-state index contributed by atoms with van der Waals surface area (Å²) in [5, 5.41) is 5.22. The predicted octanol–water partition coefficient (Wildman–Crippen LogP) is 1.70. The molecule has 0 aromatic heterocycles. The summed E-state index contributed by atoms with van der Waals surface area (Å²) >= 11 is 5.96. The predicted molar refractivity (Wildman–Crippen MR) is 150 cm³/mol. The Labute approximate surface area is 235 Å². The molecule has 16 heteroatoms. The van der Waals surface area contributed by atoms with Gasteiger partial charge in [0, 0.05) is 19.3 Å². The van der Waals surface area contributed by atoms with E-state index in [1.54, 1.807) is 36.2 Å². The molecule has 0 radical (unpaired) electrons. The summed E-state index contributed by atoms with van der Waals surface area (Å²) in [5.41, 5.74) is 1.68. The molecule has 1 fully saturated rings. The van der Waals surface area contributed by atoms with Gasteiger partial charge in [0.15, 0.2) is 0 Å². The molecule has 0 aliphatic carbocycles. The minimum Gasteiger partial charge on any atom is -0.337 e. The monoisotopic (exact) mass is 624 g/mol. The molecule has 2 aromatic carbocycles. The van der Waals surface area contributed by atoms with Crippen molar-refractivity contribution in [1.29, 1.82) is 0 Å². The molecular formula is C23H33ClN4O8S3. The largest absolute Gasteiger partial charge is 0.337 e. The van der Waals surface area contributed by atoms with Gasteiger partial charge in [0.1, 0.15) is 4.90 Å². The highest BCUT2D eigenvalue weighted by atomic mass is 35.5. The number of hydrogen-bond donors (Lipinski definition) is 3. The zero-order valence-corrected chi connectivity index (χ0v) is 24.9. The molecule has 218 valence electrons. The van der Waals surface area contributed by atoms with Gasteiger partial charge < -0.3 is 9.80 Å². The summed E-state index contributed by atoms with van der Waals surface area (Å²) in [7, 11) is -9.45. The number of halogens is 1. The summed E-state index contributed by atoms with van der Waals surface area (Å²) in [4.78, 5) is 16.9. The molecule has 2 aromatic rings. The van der Waals surface area contributed by atoms with Crippen LogP contribution in [0, 0.1) is 0 Å². The van der Waals surface area contributed by atoms with Crippen molar-refractivity contribution in [1.82, 2.24) is 9.80 Å². The molecule has 0 bridgehead atoms. The standard InChI is InChI=1S/C22H29ClN4O5S2.CH4O3S/c1-26(22(28)13-16-8-9-19(23)21(12-16)34(24,31)32)20(15-27-10-3-4-11-27)17-6-5-7-18(14-17)25-33(2,29)30;1-5(2,3)4/h5-9,12,14,20,25H,3-4,10-11,13,15H2,1-2H3,(H2,24,31,32);1H3,(H,2,3,4)/t20-;/m1./s1. The van der Waals surface area contributed by atoms with Gasteiger partial charge in [-0.3, -0.25) is 14.1 Å². The summed E-state index contributed by atoms with van der Waals surface area (Å²) in [5.74, 6) is -0.228. The van der Waals surface area contributed by atoms with Crippen LogP contribution in [0.1, 0.15) is 30.0 Å². The van der Waals surface area contributed by atoms with Crippen LogP contribution in [0.4, 0.5) is 5.69 Å². The molecule has 1 amide bonds. The van der Waals surface area contributed by atoms with Crippen molar-refractivity contribution in [3.63, 3.8) is 0 Å². The first-order chi connectivity index (χ1) is 17.8. The summed E-state index contributed by atoms with van der Waals surface area (Å²) in [6, 6.07) is 11.0. The fourth-order valence-electron chi connectivity index (χ4n) is 4.03. The minimum atomic E-state index is -4.03. The Morgan fingerprint density at radius 2 is 1.67 bits per heavy atom. The van der Waals surface area contributed by atoms with E-state index in [1.807, 2.05) is 6.07 Å². The van der Waals surface area contributed by atoms with E-state index < -0.39 is 30.2 Å². The molecule has 3 rings (SSSR count). The Kier molecular flexibility index (Phi) is 11.3. The topological polar surface area (TPSA) is 184 Å². The first-order valence-corrected chi connectivity index (χ1v) is 17.3. The number of likely N-dealkylation sites (N-methyl/N-ethyl adjacent to an activating group) is 1. The van der Waals surface area contributed by atoms with Crippen molar-refractivity contribution in [2.45, 2.75) is 30.2 Å². The quantitative estimate of drug-likeness (QED) is 0.349. The van der Waals surface area contributed by atoms with Crippen LogP contribution in [0.15, 0.2) is 47.4 Å². The number of hydrogen-bond acceptors (Lipinski definition) is 8. The second-order valence-electron chi connectivity index (χ2n) is 9.25. The van der Waals surface area contributed by atoms with Gasteiger partial charge in [-0.15, -0.1) is 0 Å². The van der Waals surface area contributed by atoms with E-state index in [4.69, 9.17) is 21.3 Å². The van der Waals surface area contributed by atoms with Gasteiger partial charge in [-0.1, -0.05) is 29.8 Å². The number of amides is 1. The van der Waals surface area contributed by atoms with Crippen LogP contribution in [-0.4, -0.2) is 84.7 Å². The zero-order valence-electron chi connectivity index (χ0n) is 21.7. The zero-order chi connectivity index (χ0) is 29.6. The van der Waals surface area contributed by atoms with E-state index in [9.17, 15) is 30.0 Å². The first-order valence-electron chi connectivity index (χ1n) is 11.6. The van der Waals surface area contributed by atoms with Crippen LogP contribution in [-0.2, 0) is 41.4 Å². The second-order valence-corrected chi connectivity index (χ2v) is 14.4. The van der Waals surface area contributed by atoms with Gasteiger partial charge in [0.25, 0.3) is 10.1 Å². The van der Waals surface area contributed by atoms with Gasteiger partial charge in [-0.25, -0.2) is 22.0 Å². The maximum absolute atomic E-state index is 13.2. The first kappa shape index (κ1) is 32.9. The number of benzene rings is 2. The van der Waals surface area contributed by atoms with Crippen LogP contribution < -0.4 is 9.86 Å². The molecular weight excluding hydrogens is 592 g/mol. The van der Waals surface area contributed by atoms with E-state index in [1.165, 1.54) is 12.1 Å². The minimum absolute atomic E-state index is 0.00541. The number of rotatable bonds is 9. The number of nitrogens with one attached hydrogen (secondary N) is 1. The van der Waals surface area contributed by atoms with Gasteiger partial charge in [0.05, 0.1) is 30.0 Å². The summed E-state index contributed by atoms with van der Waals surface area (Å²) in [6.45, 7) is 2.44. The lowest BCUT2D eigenvalue weighted by Gasteiger charge is -2.32. The Morgan fingerprint density at radius 3 is 2.21 bits per heavy atom. The van der Waals surface area contributed by atoms with E-state index in [0.717, 1.165) is 37.8 Å². The smallest absolute Gasteiger partial charge is 0.261 e. The van der Waals surface area contributed by atoms with Crippen molar-refractivity contribution in [3.05, 3.63) is 58.6 Å². The number of anilines is 1. The second kappa shape index (κ2) is 13.4. The molecule has 0 unspecified atom stereocenters. The number of primary sulfonamides is 1. The maximum Gasteiger partial charge on any atom is 0.261 e. The Hall–Kier alpha value is -2.27. The van der Waals surface area contributed by atoms with Crippen LogP contribution in [0.2, 0.25) is 5.02 Å². The van der Waals surface area contributed by atoms with Crippen LogP contribution in [0.25, 0.3) is 0 Å². The molecule has 12 nitrogen and oxygen atoms in total. The Balaban J connectivity index is 0.000000976. The highest BCUT2D eigenvalue weighted by Crippen LogP contribution is 2.27. The maximum atomic E-state index is 13.2. The highest BCUT2D eigenvalue weighted by molar-refractivity contribution is 7.92. The summed E-state index contributed by atoms with van der Waals surface area (Å²) in [6.07, 6.45) is 3.92. The van der Waals surface area contributed by atoms with Crippen molar-refractivity contribution < 1.29 is 34.6 Å². The average Bonchev–Trinajstić information content (AvgIpc) is 3.29. The molecule has 1 aliphatic heterocycles. The molecule has 0 saturated carbocycles. The lowest BCUT2D eigenvalue weighted by molar-refractivity contribution is -0.131. The fraction of sp³-hybridized carbons (Fsp3) is 0.435. The van der Waals surface area contributed by atoms with Crippen molar-refractivity contribution >= 4 is 53.4 Å². The molecule has 39 heavy (non-hydrogen) atoms. The third-order valence-electron chi connectivity index (χ3n) is 5.72. The van der Waals surface area contributed by atoms with Gasteiger partial charge in [-0.05, 0) is 61.3 Å². The number of nitrogens with two attached hydrogens (primary N) is 1. The number of likely N-dealkylation sites (tertiary alicyclic amines) is 1. The SMILES string of the molecule is CN(C(=O)Cc1ccc(Cl)c(S(N)(=O)=O)c1)[C@H](CN1CCCC1)c1cccc(NS(C)(=O)=O)c1.CS(=O)(=O)O. The number of carbonyl (C=O) groups is 1. The van der Waals surface area contributed by atoms with Crippen LogP contribution in [0.5, 0.6) is 0 Å². The molecule has 4 N–H and O–H groups in total. The number of carbonyl (C=O) groups excluding carboxylic acids is 1. The fourth-order valence-corrected chi connectivity index (χ4v) is 5.68. The Bertz CT molecular complexity index is 1480. The lowest BCUT2D eigenvalue weighted by Crippen LogP contribution is -2.39. The van der Waals surface area contributed by atoms with Gasteiger partial charge >= 0.3 is 0 Å². The number of nitrogens with zero attached hydrogens (tertiary/aromatic N) is 2. The Morgan fingerprint density at radius 1 is 1.08 bits per heavy atom. The summed E-state index contributed by atoms with van der Waals surface area (Å²) < 4.78 is 75.3. The normalized spacial score (nSPS) is 15.2. The highest BCUT2D eigenvalue weighted by Gasteiger charge is 2.26. The lowest BCUT2D eigenvalue weighted by atomic mass is 10.0. The third kappa shape index (κ3) is 11.8. The van der Waals surface area contributed by atoms with Crippen molar-refractivity contribution in [2.75, 3.05) is 43.9 Å². The molecule has 1 heterocycles. The number of sulfonamides is 2. The third-order valence-corrected chi connectivity index (χ3v) is 7.72. The van der Waals surface area contributed by atoms with Crippen molar-refractivity contribution in [2.24, 2.45) is 5.14 Å². The van der Waals surface area contributed by atoms with E-state index >= 15 is 0 Å². The molecule has 0 spiro atoms. The van der Waals surface area contributed by atoms with Crippen LogP contribution in [0.3, 0.4) is 0 Å². The van der Waals surface area contributed by atoms with E-state index in [2.05, 4.69) is 9.62 Å². The molecule has 1 aliphatic rings. The van der Waals surface area contributed by atoms with Gasteiger partial charge in [0.2, 0.25) is 26.0 Å². The van der Waals surface area contributed by atoms with Crippen molar-refractivity contribution in [3.8, 4) is 0 Å². The average molecular weight is 625 g/mol.